The summed E-state index contributed by atoms with van der Waals surface area (Å²) < 4.78 is 10.8. The Kier molecular flexibility index (Phi) is 8.72. The molecule has 2 aromatic carbocycles. The first kappa shape index (κ1) is 23.5. The first-order valence-electron chi connectivity index (χ1n) is 10.7. The quantitative estimate of drug-likeness (QED) is 0.530. The average Bonchev–Trinajstić information content (AvgIpc) is 2.77. The monoisotopic (exact) mass is 446 g/mol. The molecule has 1 heterocycles. The lowest BCUT2D eigenvalue weighted by Gasteiger charge is -2.35. The third-order valence-electron chi connectivity index (χ3n) is 5.69. The fourth-order valence-electron chi connectivity index (χ4n) is 4.16. The number of nitrogens with one attached hydrogen (secondary N) is 1. The molecule has 0 aliphatic carbocycles. The summed E-state index contributed by atoms with van der Waals surface area (Å²) in [6.45, 7) is 5.81. The molecule has 1 fully saturated rings. The number of benzene rings is 2. The number of hydrogen-bond donors (Lipinski definition) is 2. The maximum absolute atomic E-state index is 11.4. The molecule has 2 N–H and O–H groups in total. The fourth-order valence-corrected chi connectivity index (χ4v) is 4.29. The third-order valence-corrected chi connectivity index (χ3v) is 5.94. The Morgan fingerprint density at radius 3 is 2.55 bits per heavy atom. The highest BCUT2D eigenvalue weighted by Crippen LogP contribution is 2.35. The Morgan fingerprint density at radius 2 is 1.94 bits per heavy atom. The Hall–Kier alpha value is -2.12. The molecule has 0 amide bonds. The van der Waals surface area contributed by atoms with Crippen LogP contribution >= 0.6 is 11.6 Å². The lowest BCUT2D eigenvalue weighted by atomic mass is 9.91. The van der Waals surface area contributed by atoms with Gasteiger partial charge < -0.3 is 19.9 Å². The Bertz CT molecular complexity index is 853. The number of rotatable bonds is 10. The van der Waals surface area contributed by atoms with Crippen LogP contribution in [0.5, 0.6) is 0 Å². The van der Waals surface area contributed by atoms with Crippen LogP contribution in [-0.4, -0.2) is 56.0 Å². The zero-order valence-corrected chi connectivity index (χ0v) is 18.9. The Balaban J connectivity index is 1.99. The lowest BCUT2D eigenvalue weighted by Crippen LogP contribution is -2.39. The minimum Gasteiger partial charge on any atom is -0.481 e. The number of carbonyl (C=O) groups is 1. The molecule has 3 rings (SSSR count). The van der Waals surface area contributed by atoms with E-state index in [2.05, 4.69) is 29.3 Å². The number of anilines is 2. The second kappa shape index (κ2) is 11.5. The number of halogens is 1. The van der Waals surface area contributed by atoms with E-state index in [1.165, 1.54) is 5.56 Å². The van der Waals surface area contributed by atoms with Gasteiger partial charge in [-0.15, -0.1) is 0 Å². The molecule has 0 bridgehead atoms. The number of carboxylic acids is 1. The van der Waals surface area contributed by atoms with Crippen LogP contribution < -0.4 is 5.32 Å². The highest BCUT2D eigenvalue weighted by atomic mass is 35.5. The predicted molar refractivity (Wildman–Crippen MR) is 123 cm³/mol. The van der Waals surface area contributed by atoms with E-state index >= 15 is 0 Å². The molecule has 1 aliphatic heterocycles. The molecular formula is C24H31ClN2O4. The Labute approximate surface area is 189 Å². The second-order valence-corrected chi connectivity index (χ2v) is 8.24. The minimum atomic E-state index is -0.835. The van der Waals surface area contributed by atoms with E-state index in [1.807, 2.05) is 30.3 Å². The van der Waals surface area contributed by atoms with Crippen molar-refractivity contribution in [3.05, 3.63) is 58.6 Å². The zero-order chi connectivity index (χ0) is 22.2. The van der Waals surface area contributed by atoms with Crippen molar-refractivity contribution in [2.24, 2.45) is 0 Å². The van der Waals surface area contributed by atoms with Crippen molar-refractivity contribution in [1.82, 2.24) is 4.90 Å². The Morgan fingerprint density at radius 1 is 1.23 bits per heavy atom. The maximum Gasteiger partial charge on any atom is 0.304 e. The van der Waals surface area contributed by atoms with E-state index in [9.17, 15) is 9.90 Å². The average molecular weight is 447 g/mol. The standard InChI is InChI=1S/C24H31ClN2O4/c1-3-23(27-10-12-31-13-11-27)21-9-4-17(18(16-30-2)15-24(28)29)14-22(21)26-20-7-5-19(25)6-8-20/h4-9,14,18,23,26H,3,10-13,15-16H2,1-2H3,(H,28,29). The van der Waals surface area contributed by atoms with Crippen molar-refractivity contribution in [1.29, 1.82) is 0 Å². The number of carboxylic acid groups (broad SMARTS) is 1. The molecule has 2 aromatic rings. The van der Waals surface area contributed by atoms with Gasteiger partial charge in [-0.3, -0.25) is 9.69 Å². The zero-order valence-electron chi connectivity index (χ0n) is 18.1. The fraction of sp³-hybridized carbons (Fsp3) is 0.458. The van der Waals surface area contributed by atoms with Crippen LogP contribution in [0, 0.1) is 0 Å². The first-order chi connectivity index (χ1) is 15.0. The maximum atomic E-state index is 11.4. The predicted octanol–water partition coefficient (Wildman–Crippen LogP) is 5.07. The van der Waals surface area contributed by atoms with Gasteiger partial charge in [-0.1, -0.05) is 30.7 Å². The van der Waals surface area contributed by atoms with Gasteiger partial charge >= 0.3 is 5.97 Å². The van der Waals surface area contributed by atoms with Crippen molar-refractivity contribution in [2.75, 3.05) is 45.3 Å². The van der Waals surface area contributed by atoms with Crippen molar-refractivity contribution < 1.29 is 19.4 Å². The van der Waals surface area contributed by atoms with E-state index in [4.69, 9.17) is 21.1 Å². The summed E-state index contributed by atoms with van der Waals surface area (Å²) in [4.78, 5) is 13.8. The molecule has 1 aliphatic rings. The third kappa shape index (κ3) is 6.43. The number of morpholine rings is 1. The van der Waals surface area contributed by atoms with Crippen LogP contribution in [0.2, 0.25) is 5.02 Å². The molecule has 1 saturated heterocycles. The number of methoxy groups -OCH3 is 1. The number of nitrogens with zero attached hydrogens (tertiary/aromatic N) is 1. The normalized spacial score (nSPS) is 16.6. The first-order valence-corrected chi connectivity index (χ1v) is 11.1. The summed E-state index contributed by atoms with van der Waals surface area (Å²) in [6.07, 6.45) is 0.986. The minimum absolute atomic E-state index is 0.0221. The van der Waals surface area contributed by atoms with E-state index < -0.39 is 5.97 Å². The van der Waals surface area contributed by atoms with Crippen molar-refractivity contribution in [3.63, 3.8) is 0 Å². The van der Waals surface area contributed by atoms with Crippen LogP contribution in [0.15, 0.2) is 42.5 Å². The molecule has 0 aromatic heterocycles. The van der Waals surface area contributed by atoms with Gasteiger partial charge in [0.05, 0.1) is 26.2 Å². The molecular weight excluding hydrogens is 416 g/mol. The van der Waals surface area contributed by atoms with E-state index in [0.717, 1.165) is 49.7 Å². The summed E-state index contributed by atoms with van der Waals surface area (Å²) in [7, 11) is 1.60. The van der Waals surface area contributed by atoms with Gasteiger partial charge in [-0.25, -0.2) is 0 Å². The van der Waals surface area contributed by atoms with Crippen molar-refractivity contribution in [3.8, 4) is 0 Å². The molecule has 6 nitrogen and oxygen atoms in total. The summed E-state index contributed by atoms with van der Waals surface area (Å²) in [5.74, 6) is -1.05. The molecule has 168 valence electrons. The SMILES string of the molecule is CCC(c1ccc(C(COC)CC(=O)O)cc1Nc1ccc(Cl)cc1)N1CCOCC1. The van der Waals surface area contributed by atoms with Crippen LogP contribution in [0.4, 0.5) is 11.4 Å². The van der Waals surface area contributed by atoms with Crippen molar-refractivity contribution in [2.45, 2.75) is 31.7 Å². The van der Waals surface area contributed by atoms with Crippen molar-refractivity contribution >= 4 is 28.9 Å². The van der Waals surface area contributed by atoms with E-state index in [0.29, 0.717) is 11.6 Å². The summed E-state index contributed by atoms with van der Waals surface area (Å²) in [6, 6.07) is 14.1. The molecule has 2 atom stereocenters. The molecule has 31 heavy (non-hydrogen) atoms. The molecule has 7 heteroatoms. The second-order valence-electron chi connectivity index (χ2n) is 7.80. The molecule has 2 unspecified atom stereocenters. The van der Waals surface area contributed by atoms with Crippen LogP contribution in [0.1, 0.15) is 42.9 Å². The number of hydrogen-bond acceptors (Lipinski definition) is 5. The lowest BCUT2D eigenvalue weighted by molar-refractivity contribution is -0.137. The highest BCUT2D eigenvalue weighted by Gasteiger charge is 2.25. The smallest absolute Gasteiger partial charge is 0.304 e. The van der Waals surface area contributed by atoms with Gasteiger partial charge in [0.25, 0.3) is 0 Å². The van der Waals surface area contributed by atoms with Crippen LogP contribution in [-0.2, 0) is 14.3 Å². The van der Waals surface area contributed by atoms with Gasteiger partial charge in [-0.2, -0.15) is 0 Å². The molecule has 0 spiro atoms. The van der Waals surface area contributed by atoms with E-state index in [1.54, 1.807) is 7.11 Å². The van der Waals surface area contributed by atoms with Crippen LogP contribution in [0.25, 0.3) is 0 Å². The number of ether oxygens (including phenoxy) is 2. The number of aliphatic carboxylic acids is 1. The van der Waals surface area contributed by atoms with Gasteiger partial charge in [0.15, 0.2) is 0 Å². The molecule has 0 radical (unpaired) electrons. The highest BCUT2D eigenvalue weighted by molar-refractivity contribution is 6.30. The van der Waals surface area contributed by atoms with Gasteiger partial charge in [0.1, 0.15) is 0 Å². The van der Waals surface area contributed by atoms with Gasteiger partial charge in [0.2, 0.25) is 0 Å². The van der Waals surface area contributed by atoms with Crippen LogP contribution in [0.3, 0.4) is 0 Å². The molecule has 0 saturated carbocycles. The summed E-state index contributed by atoms with van der Waals surface area (Å²) in [5.41, 5.74) is 4.04. The summed E-state index contributed by atoms with van der Waals surface area (Å²) >= 11 is 6.05. The van der Waals surface area contributed by atoms with Gasteiger partial charge in [-0.05, 0) is 47.9 Å². The van der Waals surface area contributed by atoms with E-state index in [-0.39, 0.29) is 18.4 Å². The summed E-state index contributed by atoms with van der Waals surface area (Å²) in [5, 5.41) is 13.6. The van der Waals surface area contributed by atoms with Gasteiger partial charge in [0, 0.05) is 48.6 Å². The topological polar surface area (TPSA) is 71.0 Å². The largest absolute Gasteiger partial charge is 0.481 e.